The van der Waals surface area contributed by atoms with Crippen molar-refractivity contribution in [2.24, 2.45) is 7.05 Å². The number of hydrogen-bond donors (Lipinski definition) is 1. The zero-order valence-corrected chi connectivity index (χ0v) is 10.00. The molecular formula is C11H14N4S. The highest BCUT2D eigenvalue weighted by Gasteiger charge is 2.19. The van der Waals surface area contributed by atoms with E-state index in [0.717, 1.165) is 17.2 Å². The summed E-state index contributed by atoms with van der Waals surface area (Å²) < 4.78 is 1.81. The van der Waals surface area contributed by atoms with Crippen molar-refractivity contribution >= 4 is 11.3 Å². The molecule has 3 rings (SSSR count). The van der Waals surface area contributed by atoms with Crippen molar-refractivity contribution in [3.63, 3.8) is 0 Å². The van der Waals surface area contributed by atoms with E-state index in [-0.39, 0.29) is 0 Å². The van der Waals surface area contributed by atoms with Gasteiger partial charge in [-0.2, -0.15) is 5.10 Å². The Morgan fingerprint density at radius 1 is 1.56 bits per heavy atom. The third-order valence-corrected chi connectivity index (χ3v) is 3.76. The van der Waals surface area contributed by atoms with Crippen LogP contribution >= 0.6 is 11.3 Å². The Morgan fingerprint density at radius 3 is 3.19 bits per heavy atom. The standard InChI is InChI=1S/C11H14N4S/c1-15-6-4-9(14-15)11-13-10(7-16-11)8-3-2-5-12-8/h4,6-8,12H,2-3,5H2,1H3/t8-/m0/s1. The SMILES string of the molecule is Cn1ccc(-c2nc([C@@H]3CCCN3)cs2)n1. The smallest absolute Gasteiger partial charge is 0.144 e. The molecule has 84 valence electrons. The maximum absolute atomic E-state index is 4.66. The van der Waals surface area contributed by atoms with E-state index in [1.54, 1.807) is 11.3 Å². The first-order chi connectivity index (χ1) is 7.83. The Balaban J connectivity index is 1.87. The molecule has 0 aromatic carbocycles. The molecule has 0 radical (unpaired) electrons. The van der Waals surface area contributed by atoms with Crippen molar-refractivity contribution in [3.05, 3.63) is 23.3 Å². The number of aromatic nitrogens is 3. The molecule has 1 fully saturated rings. The summed E-state index contributed by atoms with van der Waals surface area (Å²) >= 11 is 1.68. The number of hydrogen-bond acceptors (Lipinski definition) is 4. The summed E-state index contributed by atoms with van der Waals surface area (Å²) in [4.78, 5) is 4.66. The van der Waals surface area contributed by atoms with E-state index in [4.69, 9.17) is 0 Å². The number of thiazole rings is 1. The highest BCUT2D eigenvalue weighted by molar-refractivity contribution is 7.13. The molecule has 1 aliphatic heterocycles. The average molecular weight is 234 g/mol. The van der Waals surface area contributed by atoms with Gasteiger partial charge in [0, 0.05) is 18.6 Å². The fourth-order valence-electron chi connectivity index (χ4n) is 2.03. The third kappa shape index (κ3) is 1.76. The van der Waals surface area contributed by atoms with Gasteiger partial charge in [-0.25, -0.2) is 4.98 Å². The minimum absolute atomic E-state index is 0.453. The van der Waals surface area contributed by atoms with Crippen molar-refractivity contribution in [3.8, 4) is 10.7 Å². The second-order valence-corrected chi connectivity index (χ2v) is 4.96. The van der Waals surface area contributed by atoms with Crippen molar-refractivity contribution < 1.29 is 0 Å². The predicted molar refractivity (Wildman–Crippen MR) is 64.3 cm³/mol. The fraction of sp³-hybridized carbons (Fsp3) is 0.455. The highest BCUT2D eigenvalue weighted by Crippen LogP contribution is 2.28. The summed E-state index contributed by atoms with van der Waals surface area (Å²) in [5.74, 6) is 0. The van der Waals surface area contributed by atoms with E-state index in [2.05, 4.69) is 20.8 Å². The van der Waals surface area contributed by atoms with Crippen LogP contribution in [0.5, 0.6) is 0 Å². The summed E-state index contributed by atoms with van der Waals surface area (Å²) in [6.07, 6.45) is 4.40. The van der Waals surface area contributed by atoms with Crippen LogP contribution in [-0.4, -0.2) is 21.3 Å². The van der Waals surface area contributed by atoms with Crippen LogP contribution in [0, 0.1) is 0 Å². The van der Waals surface area contributed by atoms with Crippen LogP contribution in [0.2, 0.25) is 0 Å². The molecular weight excluding hydrogens is 220 g/mol. The quantitative estimate of drug-likeness (QED) is 0.864. The molecule has 1 saturated heterocycles. The van der Waals surface area contributed by atoms with E-state index in [1.807, 2.05) is 24.0 Å². The van der Waals surface area contributed by atoms with Crippen molar-refractivity contribution in [1.82, 2.24) is 20.1 Å². The van der Waals surface area contributed by atoms with Crippen LogP contribution in [0.4, 0.5) is 0 Å². The Morgan fingerprint density at radius 2 is 2.50 bits per heavy atom. The molecule has 1 N–H and O–H groups in total. The van der Waals surface area contributed by atoms with E-state index in [9.17, 15) is 0 Å². The number of aryl methyl sites for hydroxylation is 1. The minimum Gasteiger partial charge on any atom is -0.309 e. The molecule has 5 heteroatoms. The normalized spacial score (nSPS) is 20.4. The maximum atomic E-state index is 4.66. The molecule has 1 atom stereocenters. The molecule has 2 aromatic heterocycles. The first-order valence-electron chi connectivity index (χ1n) is 5.52. The van der Waals surface area contributed by atoms with Crippen LogP contribution in [0.1, 0.15) is 24.6 Å². The first kappa shape index (κ1) is 9.99. The topological polar surface area (TPSA) is 42.7 Å². The van der Waals surface area contributed by atoms with E-state index in [0.29, 0.717) is 6.04 Å². The lowest BCUT2D eigenvalue weighted by Crippen LogP contribution is -2.12. The van der Waals surface area contributed by atoms with Gasteiger partial charge in [0.05, 0.1) is 11.7 Å². The van der Waals surface area contributed by atoms with Crippen LogP contribution in [0.3, 0.4) is 0 Å². The van der Waals surface area contributed by atoms with Crippen molar-refractivity contribution in [2.45, 2.75) is 18.9 Å². The number of nitrogens with zero attached hydrogens (tertiary/aromatic N) is 3. The summed E-state index contributed by atoms with van der Waals surface area (Å²) in [5.41, 5.74) is 2.14. The average Bonchev–Trinajstić information content (AvgIpc) is 2.97. The zero-order valence-electron chi connectivity index (χ0n) is 9.18. The second-order valence-electron chi connectivity index (χ2n) is 4.10. The van der Waals surface area contributed by atoms with E-state index in [1.165, 1.54) is 18.5 Å². The summed E-state index contributed by atoms with van der Waals surface area (Å²) in [6, 6.07) is 2.46. The third-order valence-electron chi connectivity index (χ3n) is 2.87. The Bertz CT molecular complexity index is 482. The zero-order chi connectivity index (χ0) is 11.0. The van der Waals surface area contributed by atoms with E-state index < -0.39 is 0 Å². The summed E-state index contributed by atoms with van der Waals surface area (Å²) in [5, 5.41) is 11.0. The van der Waals surface area contributed by atoms with Crippen molar-refractivity contribution in [1.29, 1.82) is 0 Å². The van der Waals surface area contributed by atoms with Gasteiger partial charge in [0.1, 0.15) is 10.7 Å². The van der Waals surface area contributed by atoms with Crippen LogP contribution in [0.25, 0.3) is 10.7 Å². The van der Waals surface area contributed by atoms with Gasteiger partial charge in [0.25, 0.3) is 0 Å². The molecule has 0 aliphatic carbocycles. The molecule has 0 spiro atoms. The summed E-state index contributed by atoms with van der Waals surface area (Å²) in [7, 11) is 1.93. The molecule has 4 nitrogen and oxygen atoms in total. The van der Waals surface area contributed by atoms with Gasteiger partial charge in [0.2, 0.25) is 0 Å². The van der Waals surface area contributed by atoms with Gasteiger partial charge in [-0.1, -0.05) is 0 Å². The molecule has 3 heterocycles. The van der Waals surface area contributed by atoms with E-state index >= 15 is 0 Å². The van der Waals surface area contributed by atoms with Gasteiger partial charge in [-0.05, 0) is 25.5 Å². The Hall–Kier alpha value is -1.20. The molecule has 1 aliphatic rings. The molecule has 0 unspecified atom stereocenters. The first-order valence-corrected chi connectivity index (χ1v) is 6.40. The Labute approximate surface area is 98.3 Å². The monoisotopic (exact) mass is 234 g/mol. The maximum Gasteiger partial charge on any atom is 0.144 e. The fourth-order valence-corrected chi connectivity index (χ4v) is 2.87. The number of nitrogens with one attached hydrogen (secondary N) is 1. The van der Waals surface area contributed by atoms with Gasteiger partial charge in [0.15, 0.2) is 0 Å². The summed E-state index contributed by atoms with van der Waals surface area (Å²) in [6.45, 7) is 1.11. The lowest BCUT2D eigenvalue weighted by molar-refractivity contribution is 0.632. The van der Waals surface area contributed by atoms with Crippen molar-refractivity contribution in [2.75, 3.05) is 6.54 Å². The lowest BCUT2D eigenvalue weighted by Gasteiger charge is -2.04. The van der Waals surface area contributed by atoms with Gasteiger partial charge < -0.3 is 5.32 Å². The molecule has 0 bridgehead atoms. The molecule has 0 amide bonds. The highest BCUT2D eigenvalue weighted by atomic mass is 32.1. The van der Waals surface area contributed by atoms with Gasteiger partial charge in [-0.3, -0.25) is 4.68 Å². The second kappa shape index (κ2) is 3.99. The van der Waals surface area contributed by atoms with Crippen LogP contribution in [-0.2, 0) is 7.05 Å². The Kier molecular flexibility index (Phi) is 2.49. The van der Waals surface area contributed by atoms with Crippen LogP contribution < -0.4 is 5.32 Å². The number of rotatable bonds is 2. The molecule has 0 saturated carbocycles. The lowest BCUT2D eigenvalue weighted by atomic mass is 10.2. The largest absolute Gasteiger partial charge is 0.309 e. The van der Waals surface area contributed by atoms with Crippen LogP contribution in [0.15, 0.2) is 17.6 Å². The van der Waals surface area contributed by atoms with Gasteiger partial charge in [-0.15, -0.1) is 11.3 Å². The minimum atomic E-state index is 0.453. The van der Waals surface area contributed by atoms with Gasteiger partial charge >= 0.3 is 0 Å². The molecule has 16 heavy (non-hydrogen) atoms. The molecule has 2 aromatic rings. The predicted octanol–water partition coefficient (Wildman–Crippen LogP) is 1.97.